The third kappa shape index (κ3) is 3.56. The zero-order valence-electron chi connectivity index (χ0n) is 12.5. The average molecular weight is 262 g/mol. The van der Waals surface area contributed by atoms with Crippen molar-refractivity contribution in [3.8, 4) is 0 Å². The Kier molecular flexibility index (Phi) is 4.29. The van der Waals surface area contributed by atoms with Crippen molar-refractivity contribution >= 4 is 0 Å². The van der Waals surface area contributed by atoms with Crippen molar-refractivity contribution in [2.24, 2.45) is 5.73 Å². The van der Waals surface area contributed by atoms with Gasteiger partial charge in [-0.1, -0.05) is 29.8 Å². The molecule has 2 atom stereocenters. The molecule has 3 nitrogen and oxygen atoms in total. The van der Waals surface area contributed by atoms with Crippen molar-refractivity contribution in [2.75, 3.05) is 19.6 Å². The molecule has 1 heterocycles. The van der Waals surface area contributed by atoms with Gasteiger partial charge in [0.25, 0.3) is 0 Å². The SMILES string of the molecule is Cc1cccc(C(CN)N2CC(C)OC(C)(C)C2)c1. The molecule has 1 aliphatic rings. The normalized spacial score (nSPS) is 25.2. The first-order valence-corrected chi connectivity index (χ1v) is 7.10. The van der Waals surface area contributed by atoms with Crippen LogP contribution in [0.4, 0.5) is 0 Å². The van der Waals surface area contributed by atoms with Gasteiger partial charge in [0.05, 0.1) is 11.7 Å². The highest BCUT2D eigenvalue weighted by Crippen LogP contribution is 2.28. The fraction of sp³-hybridized carbons (Fsp3) is 0.625. The van der Waals surface area contributed by atoms with Crippen LogP contribution in [0.1, 0.15) is 37.9 Å². The van der Waals surface area contributed by atoms with Crippen LogP contribution in [0.2, 0.25) is 0 Å². The van der Waals surface area contributed by atoms with Crippen molar-refractivity contribution < 1.29 is 4.74 Å². The molecular weight excluding hydrogens is 236 g/mol. The Bertz CT molecular complexity index is 431. The lowest BCUT2D eigenvalue weighted by Gasteiger charge is -2.45. The number of hydrogen-bond donors (Lipinski definition) is 1. The largest absolute Gasteiger partial charge is 0.370 e. The highest BCUT2D eigenvalue weighted by atomic mass is 16.5. The highest BCUT2D eigenvalue weighted by molar-refractivity contribution is 5.25. The minimum atomic E-state index is -0.102. The smallest absolute Gasteiger partial charge is 0.0757 e. The Morgan fingerprint density at radius 3 is 2.79 bits per heavy atom. The topological polar surface area (TPSA) is 38.5 Å². The standard InChI is InChI=1S/C16H26N2O/c1-12-6-5-7-14(8-12)15(9-17)18-10-13(2)19-16(3,4)11-18/h5-8,13,15H,9-11,17H2,1-4H3. The van der Waals surface area contributed by atoms with Gasteiger partial charge in [0.1, 0.15) is 0 Å². The summed E-state index contributed by atoms with van der Waals surface area (Å²) in [6, 6.07) is 8.94. The van der Waals surface area contributed by atoms with E-state index in [0.717, 1.165) is 13.1 Å². The molecule has 1 aromatic carbocycles. The van der Waals surface area contributed by atoms with Crippen LogP contribution < -0.4 is 5.73 Å². The summed E-state index contributed by atoms with van der Waals surface area (Å²) in [5, 5.41) is 0. The van der Waals surface area contributed by atoms with E-state index in [9.17, 15) is 0 Å². The van der Waals surface area contributed by atoms with E-state index in [1.54, 1.807) is 0 Å². The fourth-order valence-electron chi connectivity index (χ4n) is 3.11. The number of hydrogen-bond acceptors (Lipinski definition) is 3. The Balaban J connectivity index is 2.22. The van der Waals surface area contributed by atoms with Gasteiger partial charge in [-0.2, -0.15) is 0 Å². The van der Waals surface area contributed by atoms with Gasteiger partial charge in [-0.3, -0.25) is 4.90 Å². The van der Waals surface area contributed by atoms with E-state index in [-0.39, 0.29) is 17.7 Å². The van der Waals surface area contributed by atoms with Crippen molar-refractivity contribution in [3.05, 3.63) is 35.4 Å². The maximum atomic E-state index is 6.04. The number of benzene rings is 1. The number of ether oxygens (including phenoxy) is 1. The number of rotatable bonds is 3. The fourth-order valence-corrected chi connectivity index (χ4v) is 3.11. The summed E-state index contributed by atoms with van der Waals surface area (Å²) in [6.07, 6.45) is 0.252. The van der Waals surface area contributed by atoms with Crippen LogP contribution in [0.15, 0.2) is 24.3 Å². The van der Waals surface area contributed by atoms with E-state index in [1.165, 1.54) is 11.1 Å². The Morgan fingerprint density at radius 1 is 1.47 bits per heavy atom. The first-order valence-electron chi connectivity index (χ1n) is 7.10. The summed E-state index contributed by atoms with van der Waals surface area (Å²) >= 11 is 0. The quantitative estimate of drug-likeness (QED) is 0.909. The molecule has 2 N–H and O–H groups in total. The predicted octanol–water partition coefficient (Wildman–Crippen LogP) is 2.49. The molecule has 0 amide bonds. The number of morpholine rings is 1. The minimum absolute atomic E-state index is 0.102. The van der Waals surface area contributed by atoms with Crippen LogP contribution in [0.25, 0.3) is 0 Å². The summed E-state index contributed by atoms with van der Waals surface area (Å²) in [5.41, 5.74) is 8.54. The van der Waals surface area contributed by atoms with Crippen LogP contribution >= 0.6 is 0 Å². The van der Waals surface area contributed by atoms with Crippen LogP contribution in [-0.2, 0) is 4.74 Å². The van der Waals surface area contributed by atoms with E-state index >= 15 is 0 Å². The van der Waals surface area contributed by atoms with E-state index in [0.29, 0.717) is 6.54 Å². The van der Waals surface area contributed by atoms with Crippen LogP contribution in [0.3, 0.4) is 0 Å². The molecule has 2 rings (SSSR count). The number of nitrogens with two attached hydrogens (primary N) is 1. The second kappa shape index (κ2) is 5.61. The molecule has 0 aromatic heterocycles. The van der Waals surface area contributed by atoms with Gasteiger partial charge in [0.15, 0.2) is 0 Å². The van der Waals surface area contributed by atoms with Crippen molar-refractivity contribution in [2.45, 2.75) is 45.4 Å². The maximum Gasteiger partial charge on any atom is 0.0757 e. The van der Waals surface area contributed by atoms with Gasteiger partial charge >= 0.3 is 0 Å². The van der Waals surface area contributed by atoms with Crippen molar-refractivity contribution in [1.82, 2.24) is 4.90 Å². The van der Waals surface area contributed by atoms with Crippen LogP contribution in [-0.4, -0.2) is 36.2 Å². The summed E-state index contributed by atoms with van der Waals surface area (Å²) in [7, 11) is 0. The van der Waals surface area contributed by atoms with E-state index in [4.69, 9.17) is 10.5 Å². The predicted molar refractivity (Wildman–Crippen MR) is 79.2 cm³/mol. The van der Waals surface area contributed by atoms with Gasteiger partial charge in [-0.25, -0.2) is 0 Å². The molecule has 0 bridgehead atoms. The van der Waals surface area contributed by atoms with Crippen molar-refractivity contribution in [3.63, 3.8) is 0 Å². The third-order valence-electron chi connectivity index (χ3n) is 3.69. The van der Waals surface area contributed by atoms with Gasteiger partial charge < -0.3 is 10.5 Å². The Hall–Kier alpha value is -0.900. The van der Waals surface area contributed by atoms with E-state index < -0.39 is 0 Å². The zero-order valence-corrected chi connectivity index (χ0v) is 12.5. The molecular formula is C16H26N2O. The van der Waals surface area contributed by atoms with Crippen molar-refractivity contribution in [1.29, 1.82) is 0 Å². The second-order valence-electron chi connectivity index (χ2n) is 6.28. The van der Waals surface area contributed by atoms with Gasteiger partial charge in [-0.15, -0.1) is 0 Å². The Morgan fingerprint density at radius 2 is 2.21 bits per heavy atom. The van der Waals surface area contributed by atoms with Gasteiger partial charge in [-0.05, 0) is 33.3 Å². The molecule has 1 aromatic rings. The summed E-state index contributed by atoms with van der Waals surface area (Å²) in [4.78, 5) is 2.46. The molecule has 1 fully saturated rings. The zero-order chi connectivity index (χ0) is 14.0. The molecule has 106 valence electrons. The monoisotopic (exact) mass is 262 g/mol. The number of nitrogens with zero attached hydrogens (tertiary/aromatic N) is 1. The lowest BCUT2D eigenvalue weighted by Crippen LogP contribution is -2.53. The lowest BCUT2D eigenvalue weighted by molar-refractivity contribution is -0.137. The molecule has 0 aliphatic carbocycles. The molecule has 0 spiro atoms. The molecule has 2 unspecified atom stereocenters. The lowest BCUT2D eigenvalue weighted by atomic mass is 9.98. The average Bonchev–Trinajstić information content (AvgIpc) is 2.27. The summed E-state index contributed by atoms with van der Waals surface area (Å²) in [5.74, 6) is 0. The minimum Gasteiger partial charge on any atom is -0.370 e. The molecule has 0 saturated carbocycles. The van der Waals surface area contributed by atoms with E-state index in [1.807, 2.05) is 0 Å². The van der Waals surface area contributed by atoms with Crippen LogP contribution in [0, 0.1) is 6.92 Å². The van der Waals surface area contributed by atoms with Crippen LogP contribution in [0.5, 0.6) is 0 Å². The first-order chi connectivity index (χ1) is 8.91. The summed E-state index contributed by atoms with van der Waals surface area (Å²) < 4.78 is 5.98. The maximum absolute atomic E-state index is 6.04. The molecule has 19 heavy (non-hydrogen) atoms. The summed E-state index contributed by atoms with van der Waals surface area (Å²) in [6.45, 7) is 11.1. The molecule has 0 radical (unpaired) electrons. The third-order valence-corrected chi connectivity index (χ3v) is 3.69. The van der Waals surface area contributed by atoms with Gasteiger partial charge in [0.2, 0.25) is 0 Å². The molecule has 1 aliphatic heterocycles. The first kappa shape index (κ1) is 14.5. The highest BCUT2D eigenvalue weighted by Gasteiger charge is 2.34. The Labute approximate surface area is 116 Å². The number of aryl methyl sites for hydroxylation is 1. The van der Waals surface area contributed by atoms with Gasteiger partial charge in [0, 0.05) is 25.7 Å². The second-order valence-corrected chi connectivity index (χ2v) is 6.28. The van der Waals surface area contributed by atoms with E-state index in [2.05, 4.69) is 56.9 Å². The molecule has 1 saturated heterocycles. The molecule has 3 heteroatoms.